The summed E-state index contributed by atoms with van der Waals surface area (Å²) >= 11 is 6.67. The van der Waals surface area contributed by atoms with Gasteiger partial charge in [-0.05, 0) is 22.3 Å². The average molecular weight is 245 g/mol. The Hall–Kier alpha value is -0.840. The lowest BCUT2D eigenvalue weighted by Crippen LogP contribution is -2.01. The van der Waals surface area contributed by atoms with Crippen LogP contribution in [0.3, 0.4) is 0 Å². The van der Waals surface area contributed by atoms with Crippen LogP contribution in [0, 0.1) is 0 Å². The molecule has 2 bridgehead atoms. The van der Waals surface area contributed by atoms with Gasteiger partial charge < -0.3 is 0 Å². The van der Waals surface area contributed by atoms with Gasteiger partial charge in [0.1, 0.15) is 0 Å². The predicted molar refractivity (Wildman–Crippen MR) is 69.3 cm³/mol. The zero-order valence-corrected chi connectivity index (χ0v) is 10.2. The van der Waals surface area contributed by atoms with E-state index in [-0.39, 0.29) is 0 Å². The second-order valence-corrected chi connectivity index (χ2v) is 7.30. The van der Waals surface area contributed by atoms with Gasteiger partial charge in [0.05, 0.1) is 0 Å². The SMILES string of the molecule is ClP1C2c3ccccc3C1c1ccccc12. The molecule has 2 heteroatoms. The lowest BCUT2D eigenvalue weighted by atomic mass is 9.86. The van der Waals surface area contributed by atoms with E-state index in [0.717, 1.165) is 0 Å². The molecule has 0 spiro atoms. The van der Waals surface area contributed by atoms with Crippen LogP contribution in [-0.2, 0) is 0 Å². The zero-order chi connectivity index (χ0) is 10.7. The zero-order valence-electron chi connectivity index (χ0n) is 8.60. The number of benzene rings is 2. The summed E-state index contributed by atoms with van der Waals surface area (Å²) in [5.74, 6) is 0. The summed E-state index contributed by atoms with van der Waals surface area (Å²) in [6, 6.07) is 17.5. The van der Waals surface area contributed by atoms with Gasteiger partial charge in [0.15, 0.2) is 0 Å². The van der Waals surface area contributed by atoms with E-state index >= 15 is 0 Å². The minimum absolute atomic E-state index is 0.458. The second kappa shape index (κ2) is 3.09. The van der Waals surface area contributed by atoms with Crippen molar-refractivity contribution in [1.29, 1.82) is 0 Å². The molecule has 0 fully saturated rings. The monoisotopic (exact) mass is 244 g/mol. The minimum Gasteiger partial charge on any atom is -0.0944 e. The van der Waals surface area contributed by atoms with Crippen LogP contribution in [-0.4, -0.2) is 0 Å². The molecule has 4 rings (SSSR count). The standard InChI is InChI=1S/C14H10ClP/c15-16-13-9-5-1-2-6-10(9)14(16)12-8-4-3-7-11(12)13/h1-8,13-14H. The molecular weight excluding hydrogens is 235 g/mol. The Kier molecular flexibility index (Phi) is 1.78. The van der Waals surface area contributed by atoms with Crippen molar-refractivity contribution >= 4 is 18.5 Å². The summed E-state index contributed by atoms with van der Waals surface area (Å²) in [4.78, 5) is 0. The molecule has 0 saturated heterocycles. The van der Waals surface area contributed by atoms with Crippen molar-refractivity contribution in [1.82, 2.24) is 0 Å². The summed E-state index contributed by atoms with van der Waals surface area (Å²) in [6.07, 6.45) is 0. The van der Waals surface area contributed by atoms with Crippen molar-refractivity contribution in [2.24, 2.45) is 0 Å². The molecule has 2 aromatic rings. The Morgan fingerprint density at radius 2 is 1.00 bits per heavy atom. The van der Waals surface area contributed by atoms with Crippen LogP contribution in [0.2, 0.25) is 0 Å². The Morgan fingerprint density at radius 1 is 0.688 bits per heavy atom. The number of rotatable bonds is 0. The normalized spacial score (nSPS) is 28.9. The number of halogens is 1. The molecule has 0 unspecified atom stereocenters. The maximum atomic E-state index is 6.67. The number of fused-ring (bicyclic) bond motifs is 8. The van der Waals surface area contributed by atoms with E-state index in [4.69, 9.17) is 11.2 Å². The van der Waals surface area contributed by atoms with Gasteiger partial charge in [-0.3, -0.25) is 0 Å². The Bertz CT molecular complexity index is 481. The smallest absolute Gasteiger partial charge is 0.0444 e. The van der Waals surface area contributed by atoms with Gasteiger partial charge in [-0.2, -0.15) is 0 Å². The van der Waals surface area contributed by atoms with Crippen molar-refractivity contribution < 1.29 is 0 Å². The molecule has 0 nitrogen and oxygen atoms in total. The predicted octanol–water partition coefficient (Wildman–Crippen LogP) is 4.83. The lowest BCUT2D eigenvalue weighted by molar-refractivity contribution is 1.04. The second-order valence-electron chi connectivity index (χ2n) is 4.41. The van der Waals surface area contributed by atoms with Crippen molar-refractivity contribution in [3.05, 3.63) is 70.8 Å². The number of hydrogen-bond donors (Lipinski definition) is 0. The summed E-state index contributed by atoms with van der Waals surface area (Å²) in [5.41, 5.74) is 6.82. The van der Waals surface area contributed by atoms with Gasteiger partial charge >= 0.3 is 0 Å². The highest BCUT2D eigenvalue weighted by Crippen LogP contribution is 2.80. The highest BCUT2D eigenvalue weighted by Gasteiger charge is 2.48. The molecule has 2 heterocycles. The van der Waals surface area contributed by atoms with E-state index in [1.807, 2.05) is 0 Å². The van der Waals surface area contributed by atoms with Gasteiger partial charge in [0.25, 0.3) is 0 Å². The third-order valence-electron chi connectivity index (χ3n) is 3.66. The molecule has 2 aromatic carbocycles. The molecule has 0 saturated carbocycles. The summed E-state index contributed by atoms with van der Waals surface area (Å²) in [5, 5.41) is 0. The Morgan fingerprint density at radius 3 is 1.31 bits per heavy atom. The quantitative estimate of drug-likeness (QED) is 0.583. The van der Waals surface area contributed by atoms with Crippen LogP contribution >= 0.6 is 18.5 Å². The van der Waals surface area contributed by atoms with Crippen molar-refractivity contribution in [2.45, 2.75) is 11.3 Å². The first-order chi connectivity index (χ1) is 7.88. The minimum atomic E-state index is -0.458. The van der Waals surface area contributed by atoms with Crippen LogP contribution in [0.15, 0.2) is 48.5 Å². The summed E-state index contributed by atoms with van der Waals surface area (Å²) in [7, 11) is -0.458. The molecule has 0 aliphatic carbocycles. The lowest BCUT2D eigenvalue weighted by Gasteiger charge is -2.17. The van der Waals surface area contributed by atoms with Crippen LogP contribution < -0.4 is 0 Å². The molecule has 2 aliphatic heterocycles. The van der Waals surface area contributed by atoms with Gasteiger partial charge in [-0.15, -0.1) is 0 Å². The molecule has 0 N–H and O–H groups in total. The number of hydrogen-bond acceptors (Lipinski definition) is 0. The first kappa shape index (κ1) is 9.22. The third kappa shape index (κ3) is 0.954. The van der Waals surface area contributed by atoms with Crippen LogP contribution in [0.25, 0.3) is 0 Å². The summed E-state index contributed by atoms with van der Waals surface area (Å²) < 4.78 is 0. The molecular formula is C14H10ClP. The molecule has 2 aliphatic rings. The molecule has 0 atom stereocenters. The molecule has 0 amide bonds. The average Bonchev–Trinajstić information content (AvgIpc) is 2.78. The van der Waals surface area contributed by atoms with Crippen LogP contribution in [0.5, 0.6) is 0 Å². The summed E-state index contributed by atoms with van der Waals surface area (Å²) in [6.45, 7) is 0. The van der Waals surface area contributed by atoms with E-state index in [1.54, 1.807) is 0 Å². The Labute approximate surface area is 101 Å². The van der Waals surface area contributed by atoms with E-state index < -0.39 is 7.27 Å². The molecule has 0 radical (unpaired) electrons. The van der Waals surface area contributed by atoms with Crippen LogP contribution in [0.4, 0.5) is 0 Å². The maximum absolute atomic E-state index is 6.67. The van der Waals surface area contributed by atoms with E-state index in [1.165, 1.54) is 22.3 Å². The van der Waals surface area contributed by atoms with Crippen molar-refractivity contribution in [2.75, 3.05) is 0 Å². The molecule has 78 valence electrons. The Balaban J connectivity index is 2.04. The largest absolute Gasteiger partial charge is 0.0944 e. The van der Waals surface area contributed by atoms with Gasteiger partial charge in [0, 0.05) is 18.6 Å². The first-order valence-electron chi connectivity index (χ1n) is 5.49. The van der Waals surface area contributed by atoms with Gasteiger partial charge in [-0.25, -0.2) is 0 Å². The highest BCUT2D eigenvalue weighted by atomic mass is 35.7. The highest BCUT2D eigenvalue weighted by molar-refractivity contribution is 7.85. The topological polar surface area (TPSA) is 0 Å². The van der Waals surface area contributed by atoms with Crippen LogP contribution in [0.1, 0.15) is 33.6 Å². The van der Waals surface area contributed by atoms with E-state index in [9.17, 15) is 0 Å². The maximum Gasteiger partial charge on any atom is 0.0444 e. The fourth-order valence-electron chi connectivity index (χ4n) is 3.03. The molecule has 0 aromatic heterocycles. The van der Waals surface area contributed by atoms with E-state index in [2.05, 4.69) is 48.5 Å². The fourth-order valence-corrected chi connectivity index (χ4v) is 6.60. The van der Waals surface area contributed by atoms with Gasteiger partial charge in [0.2, 0.25) is 0 Å². The van der Waals surface area contributed by atoms with Crippen molar-refractivity contribution in [3.63, 3.8) is 0 Å². The van der Waals surface area contributed by atoms with Gasteiger partial charge in [-0.1, -0.05) is 59.8 Å². The first-order valence-corrected chi connectivity index (χ1v) is 7.88. The van der Waals surface area contributed by atoms with Crippen molar-refractivity contribution in [3.8, 4) is 0 Å². The van der Waals surface area contributed by atoms with E-state index in [0.29, 0.717) is 11.3 Å². The fraction of sp³-hybridized carbons (Fsp3) is 0.143. The molecule has 16 heavy (non-hydrogen) atoms. The third-order valence-corrected chi connectivity index (χ3v) is 6.93.